The van der Waals surface area contributed by atoms with Gasteiger partial charge in [-0.3, -0.25) is 9.48 Å². The predicted molar refractivity (Wildman–Crippen MR) is 147 cm³/mol. The van der Waals surface area contributed by atoms with Crippen molar-refractivity contribution in [2.24, 2.45) is 7.05 Å². The average molecular weight is 509 g/mol. The highest BCUT2D eigenvalue weighted by Gasteiger charge is 2.30. The molecule has 8 heteroatoms. The highest BCUT2D eigenvalue weighted by Crippen LogP contribution is 2.28. The first kappa shape index (κ1) is 24.3. The van der Waals surface area contributed by atoms with E-state index in [1.165, 1.54) is 22.3 Å². The van der Waals surface area contributed by atoms with Gasteiger partial charge in [0.1, 0.15) is 5.82 Å². The molecule has 1 amide bonds. The number of ether oxygens (including phenoxy) is 1. The standard InChI is InChI=1S/C30H32N6O2/c1-36-17-25(16-34-36)24-12-26(29(31)33-15-24)30(37)35-27-3-2-4-28(27)38-18-19-5-7-20(8-6-19)21-9-10-22-13-32-14-23(22)11-21/h5-12,15-17,27-28,32H,2-4,13-14,18H2,1H3,(H2,31,33)(H,35,37)/t27-,28-/m0/s1. The molecule has 8 nitrogen and oxygen atoms in total. The number of nitrogens with one attached hydrogen (secondary N) is 2. The van der Waals surface area contributed by atoms with Gasteiger partial charge in [-0.25, -0.2) is 4.98 Å². The zero-order chi connectivity index (χ0) is 26.1. The van der Waals surface area contributed by atoms with E-state index in [9.17, 15) is 4.79 Å². The van der Waals surface area contributed by atoms with E-state index >= 15 is 0 Å². The number of benzene rings is 2. The Morgan fingerprint density at radius 1 is 1.03 bits per heavy atom. The summed E-state index contributed by atoms with van der Waals surface area (Å²) in [6.45, 7) is 2.40. The van der Waals surface area contributed by atoms with Crippen molar-refractivity contribution < 1.29 is 9.53 Å². The van der Waals surface area contributed by atoms with E-state index in [1.54, 1.807) is 23.1 Å². The van der Waals surface area contributed by atoms with Gasteiger partial charge in [-0.1, -0.05) is 36.4 Å². The van der Waals surface area contributed by atoms with Crippen molar-refractivity contribution in [3.05, 3.63) is 89.4 Å². The van der Waals surface area contributed by atoms with Crippen LogP contribution in [0, 0.1) is 0 Å². The monoisotopic (exact) mass is 508 g/mol. The van der Waals surface area contributed by atoms with E-state index in [0.717, 1.165) is 49.0 Å². The lowest BCUT2D eigenvalue weighted by molar-refractivity contribution is 0.0272. The van der Waals surface area contributed by atoms with Crippen LogP contribution >= 0.6 is 0 Å². The Balaban J connectivity index is 1.08. The molecule has 0 saturated heterocycles. The topological polar surface area (TPSA) is 107 Å². The molecule has 3 heterocycles. The van der Waals surface area contributed by atoms with Gasteiger partial charge in [0.25, 0.3) is 5.91 Å². The molecule has 1 aliphatic heterocycles. The minimum absolute atomic E-state index is 0.0430. The number of aryl methyl sites for hydroxylation is 1. The molecule has 38 heavy (non-hydrogen) atoms. The van der Waals surface area contributed by atoms with Gasteiger partial charge in [-0.05, 0) is 59.2 Å². The highest BCUT2D eigenvalue weighted by molar-refractivity contribution is 5.99. The third-order valence-electron chi connectivity index (χ3n) is 7.56. The van der Waals surface area contributed by atoms with Gasteiger partial charge in [0.05, 0.1) is 30.5 Å². The van der Waals surface area contributed by atoms with Crippen LogP contribution in [0.15, 0.2) is 67.1 Å². The first-order valence-corrected chi connectivity index (χ1v) is 13.1. The summed E-state index contributed by atoms with van der Waals surface area (Å²) in [7, 11) is 1.85. The molecule has 1 saturated carbocycles. The molecule has 2 aliphatic rings. The average Bonchev–Trinajstić information content (AvgIpc) is 3.69. The van der Waals surface area contributed by atoms with Crippen LogP contribution in [0.5, 0.6) is 0 Å². The molecule has 6 rings (SSSR count). The van der Waals surface area contributed by atoms with Crippen LogP contribution in [-0.2, 0) is 31.5 Å². The fourth-order valence-electron chi connectivity index (χ4n) is 5.39. The second-order valence-corrected chi connectivity index (χ2v) is 10.2. The minimum atomic E-state index is -0.227. The van der Waals surface area contributed by atoms with Crippen molar-refractivity contribution in [3.63, 3.8) is 0 Å². The Labute approximate surface area is 222 Å². The van der Waals surface area contributed by atoms with E-state index in [2.05, 4.69) is 63.2 Å². The van der Waals surface area contributed by atoms with Gasteiger partial charge in [0.15, 0.2) is 0 Å². The SMILES string of the molecule is Cn1cc(-c2cnc(N)c(C(=O)N[C@H]3CCC[C@@H]3OCc3ccc(-c4ccc5c(c4)CNC5)cc3)c2)cn1. The fraction of sp³-hybridized carbons (Fsp3) is 0.300. The minimum Gasteiger partial charge on any atom is -0.383 e. The molecule has 4 N–H and O–H groups in total. The van der Waals surface area contributed by atoms with Gasteiger partial charge >= 0.3 is 0 Å². The predicted octanol–water partition coefficient (Wildman–Crippen LogP) is 4.20. The van der Waals surface area contributed by atoms with E-state index in [1.807, 2.05) is 13.2 Å². The van der Waals surface area contributed by atoms with Crippen LogP contribution in [0.25, 0.3) is 22.3 Å². The van der Waals surface area contributed by atoms with Crippen LogP contribution in [-0.4, -0.2) is 32.8 Å². The van der Waals surface area contributed by atoms with Gasteiger partial charge in [0, 0.05) is 43.7 Å². The first-order valence-electron chi connectivity index (χ1n) is 13.1. The summed E-state index contributed by atoms with van der Waals surface area (Å²) < 4.78 is 8.00. The summed E-state index contributed by atoms with van der Waals surface area (Å²) in [6, 6.07) is 17.0. The van der Waals surface area contributed by atoms with Crippen LogP contribution in [0.4, 0.5) is 5.82 Å². The highest BCUT2D eigenvalue weighted by atomic mass is 16.5. The number of nitrogens with two attached hydrogens (primary N) is 1. The van der Waals surface area contributed by atoms with Crippen molar-refractivity contribution in [3.8, 4) is 22.3 Å². The molecule has 0 radical (unpaired) electrons. The fourth-order valence-corrected chi connectivity index (χ4v) is 5.39. The molecule has 194 valence electrons. The maximum atomic E-state index is 13.2. The maximum Gasteiger partial charge on any atom is 0.255 e. The summed E-state index contributed by atoms with van der Waals surface area (Å²) in [5.41, 5.74) is 14.5. The zero-order valence-electron chi connectivity index (χ0n) is 21.5. The molecular formula is C30H32N6O2. The Hall–Kier alpha value is -4.01. The van der Waals surface area contributed by atoms with Crippen LogP contribution in [0.3, 0.4) is 0 Å². The van der Waals surface area contributed by atoms with Crippen molar-refractivity contribution in [2.45, 2.75) is 51.1 Å². The first-order chi connectivity index (χ1) is 18.5. The van der Waals surface area contributed by atoms with Gasteiger partial charge in [0.2, 0.25) is 0 Å². The molecular weight excluding hydrogens is 476 g/mol. The van der Waals surface area contributed by atoms with E-state index < -0.39 is 0 Å². The summed E-state index contributed by atoms with van der Waals surface area (Å²) in [5.74, 6) is -0.0135. The second kappa shape index (κ2) is 10.4. The van der Waals surface area contributed by atoms with Crippen molar-refractivity contribution in [1.82, 2.24) is 25.4 Å². The number of amides is 1. The smallest absolute Gasteiger partial charge is 0.255 e. The molecule has 4 aromatic rings. The molecule has 1 aliphatic carbocycles. The summed E-state index contributed by atoms with van der Waals surface area (Å²) in [4.78, 5) is 17.4. The summed E-state index contributed by atoms with van der Waals surface area (Å²) in [6.07, 6.45) is 8.03. The molecule has 2 aromatic carbocycles. The molecule has 2 aromatic heterocycles. The number of anilines is 1. The number of pyridine rings is 1. The lowest BCUT2D eigenvalue weighted by Crippen LogP contribution is -2.41. The van der Waals surface area contributed by atoms with Gasteiger partial charge < -0.3 is 21.1 Å². The van der Waals surface area contributed by atoms with Crippen molar-refractivity contribution >= 4 is 11.7 Å². The maximum absolute atomic E-state index is 13.2. The van der Waals surface area contributed by atoms with Crippen molar-refractivity contribution in [2.75, 3.05) is 5.73 Å². The lowest BCUT2D eigenvalue weighted by Gasteiger charge is -2.22. The van der Waals surface area contributed by atoms with Gasteiger partial charge in [-0.2, -0.15) is 5.10 Å². The number of aromatic nitrogens is 3. The number of carbonyl (C=O) groups excluding carboxylic acids is 1. The lowest BCUT2D eigenvalue weighted by atomic mass is 10.00. The molecule has 0 bridgehead atoms. The Morgan fingerprint density at radius 2 is 1.84 bits per heavy atom. The van der Waals surface area contributed by atoms with E-state index in [-0.39, 0.29) is 23.9 Å². The molecule has 0 spiro atoms. The number of fused-ring (bicyclic) bond motifs is 1. The third kappa shape index (κ3) is 5.05. The van der Waals surface area contributed by atoms with E-state index in [4.69, 9.17) is 10.5 Å². The van der Waals surface area contributed by atoms with Crippen LogP contribution in [0.1, 0.15) is 46.3 Å². The Morgan fingerprint density at radius 3 is 2.66 bits per heavy atom. The van der Waals surface area contributed by atoms with Crippen molar-refractivity contribution in [1.29, 1.82) is 0 Å². The number of nitrogen functional groups attached to an aromatic ring is 1. The van der Waals surface area contributed by atoms with Gasteiger partial charge in [-0.15, -0.1) is 0 Å². The number of rotatable bonds is 7. The summed E-state index contributed by atoms with van der Waals surface area (Å²) in [5, 5.41) is 10.7. The van der Waals surface area contributed by atoms with E-state index in [0.29, 0.717) is 12.2 Å². The van der Waals surface area contributed by atoms with Crippen LogP contribution in [0.2, 0.25) is 0 Å². The zero-order valence-corrected chi connectivity index (χ0v) is 21.5. The second-order valence-electron chi connectivity index (χ2n) is 10.2. The number of hydrogen-bond acceptors (Lipinski definition) is 6. The molecule has 0 unspecified atom stereocenters. The number of nitrogens with zero attached hydrogens (tertiary/aromatic N) is 3. The number of carbonyl (C=O) groups is 1. The largest absolute Gasteiger partial charge is 0.383 e. The summed E-state index contributed by atoms with van der Waals surface area (Å²) >= 11 is 0. The normalized spacial score (nSPS) is 18.4. The Bertz CT molecular complexity index is 1460. The Kier molecular flexibility index (Phi) is 6.66. The quantitative estimate of drug-likeness (QED) is 0.345. The molecule has 2 atom stereocenters. The van der Waals surface area contributed by atoms with Crippen LogP contribution < -0.4 is 16.4 Å². The molecule has 1 fully saturated rings. The number of hydrogen-bond donors (Lipinski definition) is 3. The third-order valence-corrected chi connectivity index (χ3v) is 7.56.